The highest BCUT2D eigenvalue weighted by Crippen LogP contribution is 2.28. The van der Waals surface area contributed by atoms with Gasteiger partial charge >= 0.3 is 5.97 Å². The predicted octanol–water partition coefficient (Wildman–Crippen LogP) is 5.37. The minimum Gasteiger partial charge on any atom is -0.465 e. The Bertz CT molecular complexity index is 1470. The minimum atomic E-state index is -3.70. The Kier molecular flexibility index (Phi) is 7.18. The number of methoxy groups -OCH3 is 1. The number of rotatable bonds is 8. The lowest BCUT2D eigenvalue weighted by Gasteiger charge is -2.09. The topological polar surface area (TPSA) is 102 Å². The van der Waals surface area contributed by atoms with E-state index in [1.807, 2.05) is 31.2 Å². The van der Waals surface area contributed by atoms with Crippen LogP contribution in [0.4, 0.5) is 11.4 Å². The molecule has 0 spiro atoms. The molecule has 2 N–H and O–H groups in total. The van der Waals surface area contributed by atoms with Gasteiger partial charge in [0.1, 0.15) is 4.88 Å². The fraction of sp³-hybridized carbons (Fsp3) is 0.154. The largest absolute Gasteiger partial charge is 0.465 e. The molecule has 0 saturated carbocycles. The number of hydrogen-bond acceptors (Lipinski definition) is 6. The Balaban J connectivity index is 1.34. The van der Waals surface area contributed by atoms with Crippen molar-refractivity contribution in [2.75, 3.05) is 17.1 Å². The maximum atomic E-state index is 12.6. The third kappa shape index (κ3) is 6.06. The predicted molar refractivity (Wildman–Crippen MR) is 139 cm³/mol. The molecule has 0 bridgehead atoms. The third-order valence-electron chi connectivity index (χ3n) is 5.36. The first-order valence-corrected chi connectivity index (χ1v) is 13.1. The summed E-state index contributed by atoms with van der Waals surface area (Å²) in [4.78, 5) is 24.8. The smallest absolute Gasteiger partial charge is 0.348 e. The molecule has 3 aromatic carbocycles. The van der Waals surface area contributed by atoms with Crippen molar-refractivity contribution >= 4 is 54.7 Å². The highest BCUT2D eigenvalue weighted by molar-refractivity contribution is 7.92. The summed E-state index contributed by atoms with van der Waals surface area (Å²) in [5.41, 5.74) is 3.03. The van der Waals surface area contributed by atoms with E-state index in [1.54, 1.807) is 36.4 Å². The van der Waals surface area contributed by atoms with Crippen molar-refractivity contribution in [2.24, 2.45) is 0 Å². The first-order valence-electron chi connectivity index (χ1n) is 10.8. The van der Waals surface area contributed by atoms with Crippen LogP contribution in [0.25, 0.3) is 10.1 Å². The summed E-state index contributed by atoms with van der Waals surface area (Å²) in [5.74, 6) is -0.549. The van der Waals surface area contributed by atoms with Crippen LogP contribution in [0, 0.1) is 6.92 Å². The maximum absolute atomic E-state index is 12.6. The second kappa shape index (κ2) is 10.3. The van der Waals surface area contributed by atoms with Gasteiger partial charge in [0.2, 0.25) is 5.91 Å². The number of fused-ring (bicyclic) bond motifs is 1. The lowest BCUT2D eigenvalue weighted by atomic mass is 10.1. The molecule has 0 unspecified atom stereocenters. The van der Waals surface area contributed by atoms with Crippen LogP contribution in [-0.4, -0.2) is 27.4 Å². The van der Waals surface area contributed by atoms with E-state index in [-0.39, 0.29) is 23.2 Å². The molecule has 0 radical (unpaired) electrons. The fourth-order valence-electron chi connectivity index (χ4n) is 3.47. The zero-order chi connectivity index (χ0) is 25.0. The second-order valence-electron chi connectivity index (χ2n) is 8.02. The Morgan fingerprint density at radius 1 is 0.914 bits per heavy atom. The zero-order valence-corrected chi connectivity index (χ0v) is 20.8. The third-order valence-corrected chi connectivity index (χ3v) is 7.86. The summed E-state index contributed by atoms with van der Waals surface area (Å²) in [5, 5.41) is 3.72. The lowest BCUT2D eigenvalue weighted by Crippen LogP contribution is -2.13. The number of ether oxygens (including phenoxy) is 1. The number of carbonyl (C=O) groups is 2. The first-order chi connectivity index (χ1) is 16.7. The lowest BCUT2D eigenvalue weighted by molar-refractivity contribution is -0.116. The average Bonchev–Trinajstić information content (AvgIpc) is 3.27. The zero-order valence-electron chi connectivity index (χ0n) is 19.2. The van der Waals surface area contributed by atoms with Crippen LogP contribution in [-0.2, 0) is 26.0 Å². The van der Waals surface area contributed by atoms with Gasteiger partial charge in [-0.05, 0) is 72.8 Å². The van der Waals surface area contributed by atoms with E-state index in [0.717, 1.165) is 21.2 Å². The molecule has 0 aliphatic carbocycles. The van der Waals surface area contributed by atoms with E-state index in [2.05, 4.69) is 10.0 Å². The van der Waals surface area contributed by atoms with E-state index in [9.17, 15) is 18.0 Å². The van der Waals surface area contributed by atoms with E-state index >= 15 is 0 Å². The van der Waals surface area contributed by atoms with Crippen molar-refractivity contribution < 1.29 is 22.7 Å². The van der Waals surface area contributed by atoms with Crippen molar-refractivity contribution in [1.82, 2.24) is 0 Å². The number of benzene rings is 3. The highest BCUT2D eigenvalue weighted by Gasteiger charge is 2.15. The summed E-state index contributed by atoms with van der Waals surface area (Å²) in [7, 11) is -2.36. The van der Waals surface area contributed by atoms with Crippen LogP contribution in [0.1, 0.15) is 27.2 Å². The molecule has 35 heavy (non-hydrogen) atoms. The van der Waals surface area contributed by atoms with Crippen LogP contribution >= 0.6 is 11.3 Å². The molecule has 1 amide bonds. The molecule has 7 nitrogen and oxygen atoms in total. The number of amides is 1. The Hall–Kier alpha value is -3.69. The van der Waals surface area contributed by atoms with Crippen LogP contribution in [0.5, 0.6) is 0 Å². The number of nitrogens with one attached hydrogen (secondary N) is 2. The minimum absolute atomic E-state index is 0.154. The number of thiophene rings is 1. The molecule has 1 aromatic heterocycles. The van der Waals surface area contributed by atoms with E-state index in [4.69, 9.17) is 4.74 Å². The van der Waals surface area contributed by atoms with Gasteiger partial charge in [-0.25, -0.2) is 13.2 Å². The van der Waals surface area contributed by atoms with E-state index in [0.29, 0.717) is 22.7 Å². The van der Waals surface area contributed by atoms with Gasteiger partial charge in [0.05, 0.1) is 12.0 Å². The average molecular weight is 509 g/mol. The van der Waals surface area contributed by atoms with Crippen LogP contribution in [0.2, 0.25) is 0 Å². The molecule has 0 atom stereocenters. The molecule has 1 heterocycles. The van der Waals surface area contributed by atoms with E-state index in [1.165, 1.54) is 30.6 Å². The highest BCUT2D eigenvalue weighted by atomic mass is 32.2. The maximum Gasteiger partial charge on any atom is 0.348 e. The second-order valence-corrected chi connectivity index (χ2v) is 10.8. The van der Waals surface area contributed by atoms with Gasteiger partial charge in [-0.1, -0.05) is 29.8 Å². The van der Waals surface area contributed by atoms with Crippen molar-refractivity contribution in [1.29, 1.82) is 0 Å². The quantitative estimate of drug-likeness (QED) is 0.312. The summed E-state index contributed by atoms with van der Waals surface area (Å²) < 4.78 is 33.5. The number of esters is 1. The van der Waals surface area contributed by atoms with Gasteiger partial charge < -0.3 is 10.1 Å². The van der Waals surface area contributed by atoms with Gasteiger partial charge in [0.25, 0.3) is 10.0 Å². The summed E-state index contributed by atoms with van der Waals surface area (Å²) in [6.45, 7) is 1.93. The van der Waals surface area contributed by atoms with Gasteiger partial charge in [0.15, 0.2) is 0 Å². The van der Waals surface area contributed by atoms with Gasteiger partial charge in [-0.15, -0.1) is 11.3 Å². The Morgan fingerprint density at radius 3 is 2.29 bits per heavy atom. The number of hydrogen-bond donors (Lipinski definition) is 2. The number of sulfonamides is 1. The molecule has 0 fully saturated rings. The fourth-order valence-corrected chi connectivity index (χ4v) is 5.49. The Morgan fingerprint density at radius 2 is 1.60 bits per heavy atom. The molecule has 0 aliphatic rings. The molecule has 4 aromatic rings. The van der Waals surface area contributed by atoms with E-state index < -0.39 is 10.0 Å². The number of aryl methyl sites for hydroxylation is 2. The number of anilines is 2. The molecule has 4 rings (SSSR count). The Labute approximate surface area is 207 Å². The molecular weight excluding hydrogens is 484 g/mol. The molecule has 9 heteroatoms. The normalized spacial score (nSPS) is 11.3. The summed E-state index contributed by atoms with van der Waals surface area (Å²) in [6.07, 6.45) is 0.702. The standard InChI is InChI=1S/C26H24N2O5S2/c1-17-3-8-20(9-4-17)28-35(31,32)22-11-5-18(6-12-22)7-14-25(29)27-21-10-13-23-19(15-21)16-24(34-23)26(30)33-2/h3-6,8-13,15-16,28H,7,14H2,1-2H3,(H,27,29). The van der Waals surface area contributed by atoms with Crippen molar-refractivity contribution in [3.05, 3.63) is 88.8 Å². The van der Waals surface area contributed by atoms with Gasteiger partial charge in [0, 0.05) is 22.5 Å². The molecule has 0 aliphatic heterocycles. The summed E-state index contributed by atoms with van der Waals surface area (Å²) >= 11 is 1.33. The van der Waals surface area contributed by atoms with Crippen LogP contribution in [0.15, 0.2) is 77.7 Å². The van der Waals surface area contributed by atoms with Gasteiger partial charge in [-0.3, -0.25) is 9.52 Å². The number of carbonyl (C=O) groups excluding carboxylic acids is 2. The van der Waals surface area contributed by atoms with Crippen molar-refractivity contribution in [3.8, 4) is 0 Å². The summed E-state index contributed by atoms with van der Waals surface area (Å²) in [6, 6.07) is 20.8. The molecular formula is C26H24N2O5S2. The monoisotopic (exact) mass is 508 g/mol. The van der Waals surface area contributed by atoms with Gasteiger partial charge in [-0.2, -0.15) is 0 Å². The molecule has 0 saturated heterocycles. The first kappa shape index (κ1) is 24.4. The van der Waals surface area contributed by atoms with Crippen molar-refractivity contribution in [3.63, 3.8) is 0 Å². The van der Waals surface area contributed by atoms with Crippen molar-refractivity contribution in [2.45, 2.75) is 24.7 Å². The molecule has 180 valence electrons. The van der Waals surface area contributed by atoms with Crippen LogP contribution < -0.4 is 10.0 Å². The SMILES string of the molecule is COC(=O)c1cc2cc(NC(=O)CCc3ccc(S(=O)(=O)Nc4ccc(C)cc4)cc3)ccc2s1. The van der Waals surface area contributed by atoms with Crippen LogP contribution in [0.3, 0.4) is 0 Å².